The largest absolute Gasteiger partial charge is 0.488 e. The average Bonchev–Trinajstić information content (AvgIpc) is 3.35. The third-order valence-electron chi connectivity index (χ3n) is 7.58. The SMILES string of the molecule is CCOc1c(C(O)O)cnn1-c1cccc(-c2cccc(C)c2OCc2ccc3c(c2)CCN(C2COC2)C3)n1. The zero-order valence-corrected chi connectivity index (χ0v) is 22.8. The summed E-state index contributed by atoms with van der Waals surface area (Å²) in [7, 11) is 0. The summed E-state index contributed by atoms with van der Waals surface area (Å²) < 4.78 is 19.0. The van der Waals surface area contributed by atoms with Gasteiger partial charge in [-0.3, -0.25) is 4.90 Å². The lowest BCUT2D eigenvalue weighted by Gasteiger charge is -2.40. The van der Waals surface area contributed by atoms with E-state index in [2.05, 4.69) is 28.2 Å². The van der Waals surface area contributed by atoms with Gasteiger partial charge in [0.1, 0.15) is 12.4 Å². The maximum Gasteiger partial charge on any atom is 0.226 e. The van der Waals surface area contributed by atoms with Crippen LogP contribution in [-0.4, -0.2) is 62.3 Å². The lowest BCUT2D eigenvalue weighted by molar-refractivity contribution is -0.0695. The van der Waals surface area contributed by atoms with Crippen molar-refractivity contribution in [3.8, 4) is 28.7 Å². The second kappa shape index (κ2) is 11.4. The smallest absolute Gasteiger partial charge is 0.226 e. The van der Waals surface area contributed by atoms with Gasteiger partial charge in [0, 0.05) is 18.7 Å². The third kappa shape index (κ3) is 5.21. The van der Waals surface area contributed by atoms with Crippen LogP contribution < -0.4 is 9.47 Å². The standard InChI is InChI=1S/C31H34N4O5/c1-3-39-30-26(31(36)37)15-32-35(30)28-9-5-8-27(33-28)25-7-4-6-20(2)29(25)40-17-21-10-11-23-16-34(24-18-38-19-24)13-12-22(23)14-21/h4-11,14-15,24,31,36-37H,3,12-13,16-19H2,1-2H3. The van der Waals surface area contributed by atoms with Gasteiger partial charge in [-0.25, -0.2) is 4.98 Å². The highest BCUT2D eigenvalue weighted by Crippen LogP contribution is 2.34. The molecular formula is C31H34N4O5. The topological polar surface area (TPSA) is 102 Å². The number of nitrogens with zero attached hydrogens (tertiary/aromatic N) is 4. The van der Waals surface area contributed by atoms with Crippen molar-refractivity contribution in [1.82, 2.24) is 19.7 Å². The van der Waals surface area contributed by atoms with Crippen molar-refractivity contribution < 1.29 is 24.4 Å². The monoisotopic (exact) mass is 542 g/mol. The van der Waals surface area contributed by atoms with E-state index in [1.54, 1.807) is 6.07 Å². The first kappa shape index (κ1) is 26.5. The summed E-state index contributed by atoms with van der Waals surface area (Å²) in [6.45, 7) is 8.40. The Hall–Kier alpha value is -3.76. The fourth-order valence-corrected chi connectivity index (χ4v) is 5.33. The molecule has 0 atom stereocenters. The van der Waals surface area contributed by atoms with Gasteiger partial charge in [0.05, 0.1) is 43.3 Å². The number of fused-ring (bicyclic) bond motifs is 1. The zero-order valence-electron chi connectivity index (χ0n) is 22.8. The Morgan fingerprint density at radius 1 is 1.05 bits per heavy atom. The summed E-state index contributed by atoms with van der Waals surface area (Å²) in [6.07, 6.45) is 0.719. The minimum Gasteiger partial charge on any atom is -0.488 e. The summed E-state index contributed by atoms with van der Waals surface area (Å²) >= 11 is 0. The molecule has 4 heterocycles. The van der Waals surface area contributed by atoms with Crippen molar-refractivity contribution in [1.29, 1.82) is 0 Å². The summed E-state index contributed by atoms with van der Waals surface area (Å²) in [5.74, 6) is 1.52. The molecule has 0 unspecified atom stereocenters. The molecule has 1 fully saturated rings. The highest BCUT2D eigenvalue weighted by Gasteiger charge is 2.28. The molecule has 40 heavy (non-hydrogen) atoms. The van der Waals surface area contributed by atoms with Crippen LogP contribution in [0.1, 0.15) is 41.0 Å². The molecule has 2 aliphatic heterocycles. The first-order chi connectivity index (χ1) is 19.5. The number of aryl methyl sites for hydroxylation is 1. The van der Waals surface area contributed by atoms with Crippen molar-refractivity contribution in [3.05, 3.63) is 88.6 Å². The van der Waals surface area contributed by atoms with Gasteiger partial charge >= 0.3 is 0 Å². The molecule has 9 heteroatoms. The van der Waals surface area contributed by atoms with E-state index < -0.39 is 6.29 Å². The van der Waals surface area contributed by atoms with Gasteiger partial charge in [0.25, 0.3) is 0 Å². The molecule has 2 aromatic heterocycles. The van der Waals surface area contributed by atoms with Crippen LogP contribution in [0, 0.1) is 6.92 Å². The molecule has 0 saturated carbocycles. The van der Waals surface area contributed by atoms with Crippen LogP contribution in [0.5, 0.6) is 11.6 Å². The van der Waals surface area contributed by atoms with Crippen LogP contribution in [0.3, 0.4) is 0 Å². The van der Waals surface area contributed by atoms with E-state index in [4.69, 9.17) is 19.2 Å². The second-order valence-electron chi connectivity index (χ2n) is 10.3. The van der Waals surface area contributed by atoms with Crippen LogP contribution in [0.15, 0.2) is 60.8 Å². The van der Waals surface area contributed by atoms with Gasteiger partial charge in [-0.2, -0.15) is 9.78 Å². The fraction of sp³-hybridized carbons (Fsp3) is 0.355. The Morgan fingerprint density at radius 3 is 2.67 bits per heavy atom. The van der Waals surface area contributed by atoms with Gasteiger partial charge in [-0.15, -0.1) is 0 Å². The first-order valence-electron chi connectivity index (χ1n) is 13.7. The van der Waals surface area contributed by atoms with Crippen LogP contribution in [0.2, 0.25) is 0 Å². The average molecular weight is 543 g/mol. The lowest BCUT2D eigenvalue weighted by atomic mass is 9.96. The van der Waals surface area contributed by atoms with Crippen molar-refractivity contribution in [2.75, 3.05) is 26.4 Å². The van der Waals surface area contributed by atoms with Crippen LogP contribution in [0.25, 0.3) is 17.1 Å². The highest BCUT2D eigenvalue weighted by atomic mass is 16.5. The molecule has 1 saturated heterocycles. The van der Waals surface area contributed by atoms with E-state index in [9.17, 15) is 10.2 Å². The van der Waals surface area contributed by atoms with E-state index in [1.165, 1.54) is 22.0 Å². The lowest BCUT2D eigenvalue weighted by Crippen LogP contribution is -2.50. The molecule has 0 radical (unpaired) electrons. The maximum atomic E-state index is 9.73. The Labute approximate surface area is 233 Å². The normalized spacial score (nSPS) is 15.6. The molecular weight excluding hydrogens is 508 g/mol. The van der Waals surface area contributed by atoms with E-state index in [0.717, 1.165) is 55.2 Å². The number of rotatable bonds is 9. The number of benzene rings is 2. The number of ether oxygens (including phenoxy) is 3. The molecule has 2 N–H and O–H groups in total. The van der Waals surface area contributed by atoms with Gasteiger partial charge in [0.2, 0.25) is 5.88 Å². The van der Waals surface area contributed by atoms with Crippen molar-refractivity contribution >= 4 is 0 Å². The summed E-state index contributed by atoms with van der Waals surface area (Å²) in [4.78, 5) is 7.36. The Kier molecular flexibility index (Phi) is 7.53. The second-order valence-corrected chi connectivity index (χ2v) is 10.3. The number of aliphatic hydroxyl groups is 2. The Morgan fingerprint density at radius 2 is 1.90 bits per heavy atom. The van der Waals surface area contributed by atoms with Crippen LogP contribution >= 0.6 is 0 Å². The Balaban J connectivity index is 1.24. The van der Waals surface area contributed by atoms with E-state index in [-0.39, 0.29) is 11.4 Å². The summed E-state index contributed by atoms with van der Waals surface area (Å²) in [6, 6.07) is 18.9. The molecule has 0 aliphatic carbocycles. The molecule has 0 bridgehead atoms. The molecule has 0 spiro atoms. The van der Waals surface area contributed by atoms with Crippen LogP contribution in [0.4, 0.5) is 0 Å². The van der Waals surface area contributed by atoms with E-state index >= 15 is 0 Å². The number of hydrogen-bond donors (Lipinski definition) is 2. The quantitative estimate of drug-likeness (QED) is 0.307. The zero-order chi connectivity index (χ0) is 27.6. The van der Waals surface area contributed by atoms with E-state index in [0.29, 0.717) is 30.8 Å². The number of hydrogen-bond acceptors (Lipinski definition) is 8. The predicted octanol–water partition coefficient (Wildman–Crippen LogP) is 3.96. The minimum atomic E-state index is -1.70. The molecule has 0 amide bonds. The van der Waals surface area contributed by atoms with Gasteiger partial charge in [-0.05, 0) is 60.7 Å². The maximum absolute atomic E-state index is 9.73. The van der Waals surface area contributed by atoms with Crippen LogP contribution in [-0.2, 0) is 24.3 Å². The molecule has 2 aliphatic rings. The Bertz CT molecular complexity index is 1500. The molecule has 2 aromatic carbocycles. The van der Waals surface area contributed by atoms with Crippen molar-refractivity contribution in [3.63, 3.8) is 0 Å². The first-order valence-corrected chi connectivity index (χ1v) is 13.7. The summed E-state index contributed by atoms with van der Waals surface area (Å²) in [5.41, 5.74) is 6.71. The number of aromatic nitrogens is 3. The number of aliphatic hydroxyl groups excluding tert-OH is 1. The number of pyridine rings is 1. The molecule has 6 rings (SSSR count). The fourth-order valence-electron chi connectivity index (χ4n) is 5.33. The van der Waals surface area contributed by atoms with Gasteiger partial charge in [-0.1, -0.05) is 36.4 Å². The minimum absolute atomic E-state index is 0.184. The summed E-state index contributed by atoms with van der Waals surface area (Å²) in [5, 5.41) is 23.8. The third-order valence-corrected chi connectivity index (χ3v) is 7.58. The van der Waals surface area contributed by atoms with Crippen molar-refractivity contribution in [2.24, 2.45) is 0 Å². The molecule has 4 aromatic rings. The molecule has 208 valence electrons. The van der Waals surface area contributed by atoms with E-state index in [1.807, 2.05) is 44.2 Å². The number of para-hydroxylation sites is 1. The van der Waals surface area contributed by atoms with Crippen molar-refractivity contribution in [2.45, 2.75) is 45.8 Å². The predicted molar refractivity (Wildman–Crippen MR) is 149 cm³/mol. The highest BCUT2D eigenvalue weighted by molar-refractivity contribution is 5.69. The van der Waals surface area contributed by atoms with Gasteiger partial charge < -0.3 is 24.4 Å². The molecule has 9 nitrogen and oxygen atoms in total. The van der Waals surface area contributed by atoms with Gasteiger partial charge in [0.15, 0.2) is 12.1 Å².